The van der Waals surface area contributed by atoms with Gasteiger partial charge in [-0.3, -0.25) is 0 Å². The van der Waals surface area contributed by atoms with Crippen LogP contribution in [0.5, 0.6) is 17.2 Å². The molecule has 2 atom stereocenters. The maximum Gasteiger partial charge on any atom is 0.315 e. The van der Waals surface area contributed by atoms with E-state index in [2.05, 4.69) is 15.6 Å². The maximum absolute atomic E-state index is 12.7. The van der Waals surface area contributed by atoms with Crippen LogP contribution < -0.4 is 24.8 Å². The summed E-state index contributed by atoms with van der Waals surface area (Å²) in [5.74, 6) is 2.76. The molecule has 8 heteroatoms. The van der Waals surface area contributed by atoms with Crippen molar-refractivity contribution >= 4 is 6.03 Å². The number of amides is 2. The minimum atomic E-state index is -0.481. The number of benzene rings is 2. The second-order valence-corrected chi connectivity index (χ2v) is 6.92. The third-order valence-corrected chi connectivity index (χ3v) is 4.90. The lowest BCUT2D eigenvalue weighted by molar-refractivity contribution is 0.0917. The number of carbonyl (C=O) groups excluding carboxylic acids is 1. The SMILES string of the molecule is COc1ccccc1[C@@H](NC(=O)NC[C@H]1COc2ccccc2O1)c1nccn1C. The van der Waals surface area contributed by atoms with Crippen LogP contribution in [0.3, 0.4) is 0 Å². The summed E-state index contributed by atoms with van der Waals surface area (Å²) in [7, 11) is 3.49. The molecular weight excluding hydrogens is 384 g/mol. The van der Waals surface area contributed by atoms with E-state index in [0.717, 1.165) is 5.56 Å². The smallest absolute Gasteiger partial charge is 0.315 e. The van der Waals surface area contributed by atoms with Gasteiger partial charge in [0, 0.05) is 25.0 Å². The predicted octanol–water partition coefficient (Wildman–Crippen LogP) is 2.66. The Morgan fingerprint density at radius 2 is 2.00 bits per heavy atom. The van der Waals surface area contributed by atoms with Gasteiger partial charge in [0.1, 0.15) is 24.2 Å². The van der Waals surface area contributed by atoms with Crippen LogP contribution >= 0.6 is 0 Å². The Bertz CT molecular complexity index is 1020. The normalized spacial score (nSPS) is 15.9. The molecule has 0 fully saturated rings. The highest BCUT2D eigenvalue weighted by atomic mass is 16.6. The second-order valence-electron chi connectivity index (χ2n) is 6.92. The summed E-state index contributed by atoms with van der Waals surface area (Å²) >= 11 is 0. The lowest BCUT2D eigenvalue weighted by atomic mass is 10.0. The third-order valence-electron chi connectivity index (χ3n) is 4.90. The number of hydrogen-bond donors (Lipinski definition) is 2. The molecular formula is C22H24N4O4. The minimum absolute atomic E-state index is 0.275. The van der Waals surface area contributed by atoms with E-state index in [1.807, 2.05) is 66.3 Å². The van der Waals surface area contributed by atoms with Crippen molar-refractivity contribution in [3.05, 3.63) is 72.3 Å². The molecule has 1 aromatic heterocycles. The second kappa shape index (κ2) is 8.77. The summed E-state index contributed by atoms with van der Waals surface area (Å²) in [5, 5.41) is 5.87. The zero-order valence-corrected chi connectivity index (χ0v) is 16.9. The number of aryl methyl sites for hydroxylation is 1. The van der Waals surface area contributed by atoms with E-state index in [1.165, 1.54) is 0 Å². The highest BCUT2D eigenvalue weighted by Gasteiger charge is 2.25. The van der Waals surface area contributed by atoms with Crippen LogP contribution in [0.2, 0.25) is 0 Å². The van der Waals surface area contributed by atoms with Crippen LogP contribution in [0.4, 0.5) is 4.79 Å². The molecule has 8 nitrogen and oxygen atoms in total. The Balaban J connectivity index is 1.44. The van der Waals surface area contributed by atoms with Gasteiger partial charge in [-0.25, -0.2) is 9.78 Å². The van der Waals surface area contributed by atoms with E-state index < -0.39 is 6.04 Å². The van der Waals surface area contributed by atoms with Gasteiger partial charge in [-0.1, -0.05) is 30.3 Å². The molecule has 2 heterocycles. The Morgan fingerprint density at radius 3 is 2.77 bits per heavy atom. The van der Waals surface area contributed by atoms with Gasteiger partial charge in [-0.2, -0.15) is 0 Å². The molecule has 1 aliphatic rings. The lowest BCUT2D eigenvalue weighted by Crippen LogP contribution is -2.45. The van der Waals surface area contributed by atoms with Crippen molar-refractivity contribution in [2.45, 2.75) is 12.1 Å². The summed E-state index contributed by atoms with van der Waals surface area (Å²) in [4.78, 5) is 17.1. The number of methoxy groups -OCH3 is 1. The molecule has 0 spiro atoms. The van der Waals surface area contributed by atoms with E-state index in [0.29, 0.717) is 36.2 Å². The van der Waals surface area contributed by atoms with Gasteiger partial charge in [-0.15, -0.1) is 0 Å². The monoisotopic (exact) mass is 408 g/mol. The summed E-state index contributed by atoms with van der Waals surface area (Å²) in [5.41, 5.74) is 0.815. The molecule has 30 heavy (non-hydrogen) atoms. The van der Waals surface area contributed by atoms with Crippen LogP contribution in [0.15, 0.2) is 60.9 Å². The predicted molar refractivity (Wildman–Crippen MR) is 111 cm³/mol. The maximum atomic E-state index is 12.7. The van der Waals surface area contributed by atoms with Crippen LogP contribution in [0.25, 0.3) is 0 Å². The van der Waals surface area contributed by atoms with Gasteiger partial charge in [0.25, 0.3) is 0 Å². The van der Waals surface area contributed by atoms with Crippen molar-refractivity contribution in [3.8, 4) is 17.2 Å². The van der Waals surface area contributed by atoms with E-state index in [-0.39, 0.29) is 12.1 Å². The molecule has 1 aliphatic heterocycles. The molecule has 0 saturated heterocycles. The van der Waals surface area contributed by atoms with Crippen molar-refractivity contribution in [2.24, 2.45) is 7.05 Å². The first-order valence-electron chi connectivity index (χ1n) is 9.68. The van der Waals surface area contributed by atoms with Crippen molar-refractivity contribution in [3.63, 3.8) is 0 Å². The number of ether oxygens (including phenoxy) is 3. The number of fused-ring (bicyclic) bond motifs is 1. The molecule has 156 valence electrons. The standard InChI is InChI=1S/C22H24N4O4/c1-26-12-11-23-21(26)20(16-7-3-4-8-17(16)28-2)25-22(27)24-13-15-14-29-18-9-5-6-10-19(18)30-15/h3-12,15,20H,13-14H2,1-2H3,(H2,24,25,27)/t15-,20+/m0/s1. The molecule has 0 unspecified atom stereocenters. The molecule has 0 radical (unpaired) electrons. The van der Waals surface area contributed by atoms with Gasteiger partial charge in [0.05, 0.1) is 13.7 Å². The average molecular weight is 408 g/mol. The largest absolute Gasteiger partial charge is 0.496 e. The topological polar surface area (TPSA) is 86.6 Å². The molecule has 0 saturated carbocycles. The highest BCUT2D eigenvalue weighted by Crippen LogP contribution is 2.31. The van der Waals surface area contributed by atoms with Gasteiger partial charge in [-0.05, 0) is 18.2 Å². The number of urea groups is 1. The van der Waals surface area contributed by atoms with Gasteiger partial charge < -0.3 is 29.4 Å². The Morgan fingerprint density at radius 1 is 1.23 bits per heavy atom. The Labute approximate surface area is 174 Å². The van der Waals surface area contributed by atoms with Crippen molar-refractivity contribution < 1.29 is 19.0 Å². The fourth-order valence-corrected chi connectivity index (χ4v) is 3.39. The molecule has 0 aliphatic carbocycles. The highest BCUT2D eigenvalue weighted by molar-refractivity contribution is 5.75. The fraction of sp³-hybridized carbons (Fsp3) is 0.273. The molecule has 2 aromatic carbocycles. The summed E-state index contributed by atoms with van der Waals surface area (Å²) in [6, 6.07) is 14.2. The lowest BCUT2D eigenvalue weighted by Gasteiger charge is -2.27. The molecule has 3 aromatic rings. The van der Waals surface area contributed by atoms with Crippen molar-refractivity contribution in [1.82, 2.24) is 20.2 Å². The van der Waals surface area contributed by atoms with Crippen LogP contribution in [-0.4, -0.2) is 41.9 Å². The Kier molecular flexibility index (Phi) is 5.74. The summed E-state index contributed by atoms with van der Waals surface area (Å²) in [6.45, 7) is 0.673. The number of aromatic nitrogens is 2. The summed E-state index contributed by atoms with van der Waals surface area (Å²) in [6.07, 6.45) is 3.26. The first-order valence-corrected chi connectivity index (χ1v) is 9.68. The average Bonchev–Trinajstić information content (AvgIpc) is 3.21. The number of rotatable bonds is 6. The molecule has 4 rings (SSSR count). The first kappa shape index (κ1) is 19.6. The molecule has 0 bridgehead atoms. The number of carbonyl (C=O) groups is 1. The molecule has 2 amide bonds. The Hall–Kier alpha value is -3.68. The van der Waals surface area contributed by atoms with Crippen molar-refractivity contribution in [1.29, 1.82) is 0 Å². The van der Waals surface area contributed by atoms with Crippen LogP contribution in [-0.2, 0) is 7.05 Å². The van der Waals surface area contributed by atoms with E-state index in [9.17, 15) is 4.79 Å². The number of imidazole rings is 1. The van der Waals surface area contributed by atoms with E-state index in [4.69, 9.17) is 14.2 Å². The van der Waals surface area contributed by atoms with E-state index >= 15 is 0 Å². The van der Waals surface area contributed by atoms with Gasteiger partial charge >= 0.3 is 6.03 Å². The number of nitrogens with one attached hydrogen (secondary N) is 2. The van der Waals surface area contributed by atoms with E-state index in [1.54, 1.807) is 13.3 Å². The van der Waals surface area contributed by atoms with Crippen LogP contribution in [0.1, 0.15) is 17.4 Å². The minimum Gasteiger partial charge on any atom is -0.496 e. The third kappa shape index (κ3) is 4.17. The quantitative estimate of drug-likeness (QED) is 0.655. The fourth-order valence-electron chi connectivity index (χ4n) is 3.39. The summed E-state index contributed by atoms with van der Waals surface area (Å²) < 4.78 is 18.9. The van der Waals surface area contributed by atoms with Crippen molar-refractivity contribution in [2.75, 3.05) is 20.3 Å². The first-order chi connectivity index (χ1) is 14.7. The number of hydrogen-bond acceptors (Lipinski definition) is 5. The van der Waals surface area contributed by atoms with Crippen LogP contribution in [0, 0.1) is 0 Å². The number of nitrogens with zero attached hydrogens (tertiary/aromatic N) is 2. The van der Waals surface area contributed by atoms with Gasteiger partial charge in [0.2, 0.25) is 0 Å². The zero-order chi connectivity index (χ0) is 20.9. The van der Waals surface area contributed by atoms with Gasteiger partial charge in [0.15, 0.2) is 17.6 Å². The number of para-hydroxylation sites is 3. The molecule has 2 N–H and O–H groups in total. The zero-order valence-electron chi connectivity index (χ0n) is 16.9.